The number of ether oxygens (including phenoxy) is 2. The van der Waals surface area contributed by atoms with Gasteiger partial charge >= 0.3 is 0 Å². The van der Waals surface area contributed by atoms with Gasteiger partial charge in [-0.3, -0.25) is 9.59 Å². The zero-order chi connectivity index (χ0) is 25.9. The Bertz CT molecular complexity index is 1490. The van der Waals surface area contributed by atoms with Crippen LogP contribution in [0.1, 0.15) is 29.7 Å². The predicted octanol–water partition coefficient (Wildman–Crippen LogP) is 5.24. The smallest absolute Gasteiger partial charge is 0.295 e. The normalized spacial score (nSPS) is 16.9. The highest BCUT2D eigenvalue weighted by Crippen LogP contribution is 2.40. The van der Waals surface area contributed by atoms with Crippen molar-refractivity contribution in [3.8, 4) is 11.5 Å². The number of H-pyrrole nitrogens is 1. The number of methoxy groups -OCH3 is 1. The molecule has 0 bridgehead atoms. The number of para-hydroxylation sites is 1. The van der Waals surface area contributed by atoms with E-state index in [-0.39, 0.29) is 11.3 Å². The molecule has 0 spiro atoms. The number of hydrogen-bond donors (Lipinski definition) is 2. The van der Waals surface area contributed by atoms with Crippen LogP contribution < -0.4 is 9.47 Å². The van der Waals surface area contributed by atoms with E-state index in [0.717, 1.165) is 16.5 Å². The number of amides is 1. The summed E-state index contributed by atoms with van der Waals surface area (Å²) in [6.45, 7) is 2.71. The number of aliphatic hydroxyl groups excluding tert-OH is 1. The highest BCUT2D eigenvalue weighted by Gasteiger charge is 2.46. The SMILES string of the molecule is CCOc1ccc(C(O)=C2C(=O)C(=O)N(CCc3c[nH]c4ccccc34)C2c2cccc(OC)c2)cc1. The molecule has 37 heavy (non-hydrogen) atoms. The van der Waals surface area contributed by atoms with Crippen molar-refractivity contribution in [1.29, 1.82) is 0 Å². The van der Waals surface area contributed by atoms with Crippen molar-refractivity contribution < 1.29 is 24.2 Å². The highest BCUT2D eigenvalue weighted by atomic mass is 16.5. The maximum Gasteiger partial charge on any atom is 0.295 e. The van der Waals surface area contributed by atoms with E-state index < -0.39 is 17.7 Å². The van der Waals surface area contributed by atoms with Gasteiger partial charge in [0.05, 0.1) is 25.3 Å². The molecule has 1 aromatic heterocycles. The van der Waals surface area contributed by atoms with E-state index in [1.807, 2.05) is 49.5 Å². The molecule has 1 unspecified atom stereocenters. The quantitative estimate of drug-likeness (QED) is 0.198. The van der Waals surface area contributed by atoms with Crippen LogP contribution in [0.5, 0.6) is 11.5 Å². The van der Waals surface area contributed by atoms with Gasteiger partial charge in [-0.15, -0.1) is 0 Å². The van der Waals surface area contributed by atoms with Gasteiger partial charge in [0.2, 0.25) is 0 Å². The fourth-order valence-electron chi connectivity index (χ4n) is 4.88. The van der Waals surface area contributed by atoms with Crippen molar-refractivity contribution in [2.45, 2.75) is 19.4 Å². The summed E-state index contributed by atoms with van der Waals surface area (Å²) in [7, 11) is 1.56. The Kier molecular flexibility index (Phi) is 6.68. The van der Waals surface area contributed by atoms with E-state index in [1.54, 1.807) is 48.4 Å². The van der Waals surface area contributed by atoms with Gasteiger partial charge in [0.15, 0.2) is 0 Å². The van der Waals surface area contributed by atoms with Gasteiger partial charge < -0.3 is 24.5 Å². The lowest BCUT2D eigenvalue weighted by molar-refractivity contribution is -0.139. The third kappa shape index (κ3) is 4.56. The average molecular weight is 497 g/mol. The molecule has 1 saturated heterocycles. The molecule has 2 heterocycles. The lowest BCUT2D eigenvalue weighted by Crippen LogP contribution is -2.31. The molecular formula is C30H28N2O5. The number of nitrogens with one attached hydrogen (secondary N) is 1. The average Bonchev–Trinajstić information content (AvgIpc) is 3.46. The number of benzene rings is 3. The van der Waals surface area contributed by atoms with Crippen LogP contribution in [0.3, 0.4) is 0 Å². The van der Waals surface area contributed by atoms with Crippen LogP contribution in [-0.4, -0.2) is 46.9 Å². The third-order valence-electron chi connectivity index (χ3n) is 6.69. The molecule has 1 fully saturated rings. The molecule has 188 valence electrons. The second kappa shape index (κ2) is 10.2. The summed E-state index contributed by atoms with van der Waals surface area (Å²) in [5, 5.41) is 12.4. The summed E-state index contributed by atoms with van der Waals surface area (Å²) in [5.41, 5.74) is 3.24. The van der Waals surface area contributed by atoms with Crippen LogP contribution in [0.25, 0.3) is 16.7 Å². The lowest BCUT2D eigenvalue weighted by Gasteiger charge is -2.25. The molecule has 0 aliphatic carbocycles. The van der Waals surface area contributed by atoms with Crippen molar-refractivity contribution >= 4 is 28.4 Å². The Morgan fingerprint density at radius 3 is 2.54 bits per heavy atom. The number of carbonyl (C=O) groups is 2. The lowest BCUT2D eigenvalue weighted by atomic mass is 9.95. The van der Waals surface area contributed by atoms with Gasteiger partial charge in [-0.1, -0.05) is 30.3 Å². The van der Waals surface area contributed by atoms with Crippen molar-refractivity contribution in [3.63, 3.8) is 0 Å². The number of aromatic nitrogens is 1. The van der Waals surface area contributed by atoms with Crippen molar-refractivity contribution in [1.82, 2.24) is 9.88 Å². The molecular weight excluding hydrogens is 468 g/mol. The Morgan fingerprint density at radius 1 is 1.00 bits per heavy atom. The number of aliphatic hydroxyl groups is 1. The van der Waals surface area contributed by atoms with Crippen molar-refractivity contribution in [2.24, 2.45) is 0 Å². The van der Waals surface area contributed by atoms with Crippen LogP contribution in [0.15, 0.2) is 84.6 Å². The molecule has 1 atom stereocenters. The van der Waals surface area contributed by atoms with Crippen LogP contribution >= 0.6 is 0 Å². The number of carbonyl (C=O) groups excluding carboxylic acids is 2. The first-order valence-electron chi connectivity index (χ1n) is 12.2. The first kappa shape index (κ1) is 24.2. The minimum atomic E-state index is -0.758. The zero-order valence-corrected chi connectivity index (χ0v) is 20.7. The summed E-state index contributed by atoms with van der Waals surface area (Å²) in [5.74, 6) is -0.314. The number of rotatable bonds is 8. The van der Waals surface area contributed by atoms with Gasteiger partial charge in [-0.2, -0.15) is 0 Å². The fourth-order valence-corrected chi connectivity index (χ4v) is 4.88. The number of Topliss-reactive ketones (excluding diaryl/α,β-unsaturated/α-hetero) is 1. The fraction of sp³-hybridized carbons (Fsp3) is 0.200. The Balaban J connectivity index is 1.55. The van der Waals surface area contributed by atoms with E-state index in [4.69, 9.17) is 9.47 Å². The molecule has 3 aromatic carbocycles. The van der Waals surface area contributed by atoms with Gasteiger partial charge in [-0.25, -0.2) is 0 Å². The van der Waals surface area contributed by atoms with Gasteiger partial charge in [0.1, 0.15) is 17.3 Å². The van der Waals surface area contributed by atoms with Crippen molar-refractivity contribution in [2.75, 3.05) is 20.3 Å². The molecule has 1 amide bonds. The maximum absolute atomic E-state index is 13.3. The maximum atomic E-state index is 13.3. The molecule has 4 aromatic rings. The Labute approximate surface area is 214 Å². The van der Waals surface area contributed by atoms with Gasteiger partial charge in [0.25, 0.3) is 11.7 Å². The van der Waals surface area contributed by atoms with Gasteiger partial charge in [-0.05, 0) is 66.9 Å². The summed E-state index contributed by atoms with van der Waals surface area (Å²) in [6, 6.07) is 21.3. The predicted molar refractivity (Wildman–Crippen MR) is 142 cm³/mol. The molecule has 7 heteroatoms. The number of ketones is 1. The topological polar surface area (TPSA) is 91.9 Å². The molecule has 7 nitrogen and oxygen atoms in total. The number of nitrogens with zero attached hydrogens (tertiary/aromatic N) is 1. The van der Waals surface area contributed by atoms with E-state index in [9.17, 15) is 14.7 Å². The van der Waals surface area contributed by atoms with Crippen LogP contribution in [0.2, 0.25) is 0 Å². The van der Waals surface area contributed by atoms with E-state index in [0.29, 0.717) is 42.2 Å². The van der Waals surface area contributed by atoms with Crippen molar-refractivity contribution in [3.05, 3.63) is 101 Å². The second-order valence-electron chi connectivity index (χ2n) is 8.84. The standard InChI is InChI=1S/C30H28N2O5/c1-3-37-22-13-11-19(12-14-22)28(33)26-27(20-7-6-8-23(17-20)36-2)32(30(35)29(26)34)16-15-21-18-31-25-10-5-4-9-24(21)25/h4-14,17-18,27,31,33H,3,15-16H2,1-2H3. The van der Waals surface area contributed by atoms with Crippen LogP contribution in [0.4, 0.5) is 0 Å². The van der Waals surface area contributed by atoms with Crippen LogP contribution in [0, 0.1) is 0 Å². The summed E-state index contributed by atoms with van der Waals surface area (Å²) in [6.07, 6.45) is 2.47. The molecule has 1 aliphatic heterocycles. The van der Waals surface area contributed by atoms with E-state index in [1.165, 1.54) is 0 Å². The number of likely N-dealkylation sites (tertiary alicyclic amines) is 1. The van der Waals surface area contributed by atoms with Gasteiger partial charge in [0, 0.05) is 29.2 Å². The number of hydrogen-bond acceptors (Lipinski definition) is 5. The minimum Gasteiger partial charge on any atom is -0.507 e. The zero-order valence-electron chi connectivity index (χ0n) is 20.7. The molecule has 1 aliphatic rings. The highest BCUT2D eigenvalue weighted by molar-refractivity contribution is 6.46. The van der Waals surface area contributed by atoms with Crippen LogP contribution in [-0.2, 0) is 16.0 Å². The number of aromatic amines is 1. The monoisotopic (exact) mass is 496 g/mol. The minimum absolute atomic E-state index is 0.0568. The largest absolute Gasteiger partial charge is 0.507 e. The van der Waals surface area contributed by atoms with E-state index >= 15 is 0 Å². The number of fused-ring (bicyclic) bond motifs is 1. The first-order valence-corrected chi connectivity index (χ1v) is 12.2. The first-order chi connectivity index (χ1) is 18.0. The summed E-state index contributed by atoms with van der Waals surface area (Å²) < 4.78 is 10.9. The third-order valence-corrected chi connectivity index (χ3v) is 6.69. The second-order valence-corrected chi connectivity index (χ2v) is 8.84. The molecule has 2 N–H and O–H groups in total. The Morgan fingerprint density at radius 2 is 1.78 bits per heavy atom. The molecule has 0 saturated carbocycles. The summed E-state index contributed by atoms with van der Waals surface area (Å²) >= 11 is 0. The van der Waals surface area contributed by atoms with E-state index in [2.05, 4.69) is 4.98 Å². The summed E-state index contributed by atoms with van der Waals surface area (Å²) in [4.78, 5) is 31.5. The molecule has 5 rings (SSSR count). The Hall–Kier alpha value is -4.52. The molecule has 0 radical (unpaired) electrons.